The van der Waals surface area contributed by atoms with Gasteiger partial charge in [0, 0.05) is 0 Å². The topological polar surface area (TPSA) is 228 Å². The third-order valence-electron chi connectivity index (χ3n) is 5.67. The van der Waals surface area contributed by atoms with Crippen molar-refractivity contribution >= 4 is 0 Å². The minimum absolute atomic E-state index is 0.367. The van der Waals surface area contributed by atoms with Crippen LogP contribution in [0.1, 0.15) is 6.92 Å². The maximum absolute atomic E-state index is 10.5. The molecule has 3 aliphatic rings. The van der Waals surface area contributed by atoms with E-state index in [1.807, 2.05) is 0 Å². The van der Waals surface area contributed by atoms with Crippen molar-refractivity contribution in [3.8, 4) is 0 Å². The summed E-state index contributed by atoms with van der Waals surface area (Å²) in [6.45, 7) is 0.306. The third kappa shape index (κ3) is 5.02. The van der Waals surface area contributed by atoms with Gasteiger partial charge in [0.2, 0.25) is 0 Å². The van der Waals surface area contributed by atoms with E-state index in [9.17, 15) is 46.0 Å². The molecular formula is C17H30O14. The van der Waals surface area contributed by atoms with Crippen LogP contribution in [0.15, 0.2) is 0 Å². The van der Waals surface area contributed by atoms with Crippen LogP contribution in [0.3, 0.4) is 0 Å². The summed E-state index contributed by atoms with van der Waals surface area (Å²) in [5, 5.41) is 89.9. The Hall–Kier alpha value is -0.560. The molecule has 0 amide bonds. The van der Waals surface area contributed by atoms with Gasteiger partial charge >= 0.3 is 0 Å². The molecule has 0 aromatic rings. The van der Waals surface area contributed by atoms with Crippen LogP contribution in [-0.2, 0) is 23.7 Å². The average molecular weight is 458 g/mol. The minimum atomic E-state index is -1.77. The highest BCUT2D eigenvalue weighted by molar-refractivity contribution is 4.94. The van der Waals surface area contributed by atoms with E-state index < -0.39 is 92.6 Å². The summed E-state index contributed by atoms with van der Waals surface area (Å²) in [5.41, 5.74) is 0. The lowest BCUT2D eigenvalue weighted by molar-refractivity contribution is -0.385. The van der Waals surface area contributed by atoms with Crippen LogP contribution >= 0.6 is 0 Å². The molecule has 0 unspecified atom stereocenters. The molecule has 0 spiro atoms. The van der Waals surface area contributed by atoms with Gasteiger partial charge in [-0.25, -0.2) is 0 Å². The van der Waals surface area contributed by atoms with E-state index in [1.54, 1.807) is 0 Å². The summed E-state index contributed by atoms with van der Waals surface area (Å²) >= 11 is 0. The van der Waals surface area contributed by atoms with Crippen LogP contribution in [-0.4, -0.2) is 145 Å². The summed E-state index contributed by atoms with van der Waals surface area (Å²) in [5.74, 6) is 0. The first-order valence-electron chi connectivity index (χ1n) is 9.85. The zero-order chi connectivity index (χ0) is 23.0. The first-order chi connectivity index (χ1) is 14.6. The van der Waals surface area contributed by atoms with Gasteiger partial charge in [0.05, 0.1) is 19.3 Å². The highest BCUT2D eigenvalue weighted by atomic mass is 16.8. The molecule has 14 atom stereocenters. The number of hydrogen-bond acceptors (Lipinski definition) is 14. The van der Waals surface area contributed by atoms with Crippen LogP contribution < -0.4 is 0 Å². The molecule has 31 heavy (non-hydrogen) atoms. The molecule has 0 radical (unpaired) electrons. The minimum Gasteiger partial charge on any atom is -0.394 e. The lowest BCUT2D eigenvalue weighted by Gasteiger charge is -2.47. The summed E-state index contributed by atoms with van der Waals surface area (Å²) in [6.07, 6.45) is -21.7. The van der Waals surface area contributed by atoms with Gasteiger partial charge in [-0.2, -0.15) is 0 Å². The van der Waals surface area contributed by atoms with E-state index >= 15 is 0 Å². The molecule has 0 aromatic heterocycles. The first kappa shape index (κ1) is 25.1. The fourth-order valence-electron chi connectivity index (χ4n) is 3.67. The zero-order valence-electron chi connectivity index (χ0n) is 16.6. The van der Waals surface area contributed by atoms with Gasteiger partial charge in [0.25, 0.3) is 0 Å². The van der Waals surface area contributed by atoms with Gasteiger partial charge in [0.1, 0.15) is 61.0 Å². The fraction of sp³-hybridized carbons (Fsp3) is 1.00. The first-order valence-corrected chi connectivity index (χ1v) is 9.85. The monoisotopic (exact) mass is 458 g/mol. The Morgan fingerprint density at radius 1 is 0.710 bits per heavy atom. The van der Waals surface area contributed by atoms with Crippen molar-refractivity contribution in [2.24, 2.45) is 0 Å². The Morgan fingerprint density at radius 3 is 2.00 bits per heavy atom. The number of aliphatic hydroxyl groups excluding tert-OH is 9. The maximum Gasteiger partial charge on any atom is 0.187 e. The Kier molecular flexibility index (Phi) is 8.21. The van der Waals surface area contributed by atoms with Crippen LogP contribution in [0, 0.1) is 0 Å². The summed E-state index contributed by atoms with van der Waals surface area (Å²) in [6, 6.07) is 0. The van der Waals surface area contributed by atoms with Crippen molar-refractivity contribution in [1.82, 2.24) is 0 Å². The molecule has 9 N–H and O–H groups in total. The van der Waals surface area contributed by atoms with E-state index in [2.05, 4.69) is 0 Å². The average Bonchev–Trinajstić information content (AvgIpc) is 2.74. The molecule has 14 nitrogen and oxygen atoms in total. The van der Waals surface area contributed by atoms with Crippen molar-refractivity contribution in [1.29, 1.82) is 0 Å². The number of rotatable bonds is 5. The van der Waals surface area contributed by atoms with Crippen molar-refractivity contribution < 1.29 is 69.6 Å². The van der Waals surface area contributed by atoms with Crippen molar-refractivity contribution in [2.45, 2.75) is 92.9 Å². The summed E-state index contributed by atoms with van der Waals surface area (Å²) in [7, 11) is 0. The van der Waals surface area contributed by atoms with Crippen molar-refractivity contribution in [3.05, 3.63) is 0 Å². The third-order valence-corrected chi connectivity index (χ3v) is 5.67. The Labute approximate surface area is 176 Å². The highest BCUT2D eigenvalue weighted by Crippen LogP contribution is 2.31. The molecule has 3 heterocycles. The van der Waals surface area contributed by atoms with Gasteiger partial charge in [-0.1, -0.05) is 0 Å². The number of hydrogen-bond donors (Lipinski definition) is 9. The standard InChI is InChI=1S/C17H30O14/c1-4-7(20)10(23)12(25)16(28-4)31-14-11(24)9(22)6(2-18)29-17(14)30-13-8(21)5(19)3-27-15(13)26/h4-26H,2-3H2,1H3/t4-,5+,6+,7-,8-,9+,10+,11-,12+,13+,14+,15+,16-,17-/m0/s1. The molecule has 3 fully saturated rings. The Bertz CT molecular complexity index is 581. The molecule has 0 aromatic carbocycles. The van der Waals surface area contributed by atoms with E-state index in [0.29, 0.717) is 0 Å². The molecule has 0 bridgehead atoms. The van der Waals surface area contributed by atoms with Crippen LogP contribution in [0.2, 0.25) is 0 Å². The Morgan fingerprint density at radius 2 is 1.35 bits per heavy atom. The zero-order valence-corrected chi connectivity index (χ0v) is 16.6. The Balaban J connectivity index is 1.80. The predicted molar refractivity (Wildman–Crippen MR) is 93.8 cm³/mol. The maximum atomic E-state index is 10.5. The quantitative estimate of drug-likeness (QED) is 0.187. The largest absolute Gasteiger partial charge is 0.394 e. The second-order valence-corrected chi connectivity index (χ2v) is 7.87. The van der Waals surface area contributed by atoms with E-state index in [-0.39, 0.29) is 6.61 Å². The molecule has 0 aliphatic carbocycles. The molecule has 3 aliphatic heterocycles. The van der Waals surface area contributed by atoms with Gasteiger partial charge in [-0.3, -0.25) is 0 Å². The molecule has 3 saturated heterocycles. The van der Waals surface area contributed by atoms with Gasteiger partial charge in [-0.05, 0) is 6.92 Å². The lowest BCUT2D eigenvalue weighted by Crippen LogP contribution is -2.65. The van der Waals surface area contributed by atoms with Gasteiger partial charge < -0.3 is 69.6 Å². The molecule has 3 rings (SSSR count). The molecule has 14 heteroatoms. The summed E-state index contributed by atoms with van der Waals surface area (Å²) in [4.78, 5) is 0. The van der Waals surface area contributed by atoms with Gasteiger partial charge in [0.15, 0.2) is 18.9 Å². The van der Waals surface area contributed by atoms with Crippen molar-refractivity contribution in [3.63, 3.8) is 0 Å². The van der Waals surface area contributed by atoms with Crippen molar-refractivity contribution in [2.75, 3.05) is 13.2 Å². The highest BCUT2D eigenvalue weighted by Gasteiger charge is 2.52. The van der Waals surface area contributed by atoms with E-state index in [1.165, 1.54) is 6.92 Å². The van der Waals surface area contributed by atoms with Gasteiger partial charge in [-0.15, -0.1) is 0 Å². The molecular weight excluding hydrogens is 428 g/mol. The second kappa shape index (κ2) is 10.1. The normalized spacial score (nSPS) is 54.0. The van der Waals surface area contributed by atoms with Crippen LogP contribution in [0.4, 0.5) is 0 Å². The fourth-order valence-corrected chi connectivity index (χ4v) is 3.67. The van der Waals surface area contributed by atoms with E-state index in [0.717, 1.165) is 0 Å². The number of aliphatic hydroxyl groups is 9. The second-order valence-electron chi connectivity index (χ2n) is 7.87. The predicted octanol–water partition coefficient (Wildman–Crippen LogP) is -5.91. The SMILES string of the molecule is C[C@@H]1O[C@@H](O[C@H]2[C@H](O[C@@H]3[C@@H](O)[C@H](O)CO[C@H]3O)O[C@H](CO)[C@@H](O)[C@@H]2O)[C@H](O)[C@H](O)[C@H]1O. The lowest BCUT2D eigenvalue weighted by atomic mass is 9.97. The molecule has 0 saturated carbocycles. The summed E-state index contributed by atoms with van der Waals surface area (Å²) < 4.78 is 26.6. The van der Waals surface area contributed by atoms with Crippen LogP contribution in [0.25, 0.3) is 0 Å². The number of ether oxygens (including phenoxy) is 5. The van der Waals surface area contributed by atoms with Crippen LogP contribution in [0.5, 0.6) is 0 Å². The molecule has 182 valence electrons. The van der Waals surface area contributed by atoms with E-state index in [4.69, 9.17) is 23.7 Å². The smallest absolute Gasteiger partial charge is 0.187 e.